The van der Waals surface area contributed by atoms with Gasteiger partial charge in [-0.3, -0.25) is 4.55 Å². The molecule has 0 aromatic carbocycles. The zero-order chi connectivity index (χ0) is 7.49. The summed E-state index contributed by atoms with van der Waals surface area (Å²) in [4.78, 5) is 0. The number of hydroxylamine groups is 2. The quantitative estimate of drug-likeness (QED) is 0.446. The molecule has 0 spiro atoms. The van der Waals surface area contributed by atoms with Crippen LogP contribution < -0.4 is 0 Å². The summed E-state index contributed by atoms with van der Waals surface area (Å²) < 4.78 is 31.8. The summed E-state index contributed by atoms with van der Waals surface area (Å²) in [5.41, 5.74) is 0. The molecule has 0 saturated carbocycles. The molecule has 0 aliphatic heterocycles. The average molecular weight is 155 g/mol. The first kappa shape index (κ1) is 8.83. The van der Waals surface area contributed by atoms with Gasteiger partial charge in [0.15, 0.2) is 0 Å². The van der Waals surface area contributed by atoms with Crippen LogP contribution >= 0.6 is 0 Å². The standard InChI is InChI=1S/C3H9NO4S/c1-3-4(2)8-9(5,6)7/h3H2,1-2H3,(H,5,6,7). The van der Waals surface area contributed by atoms with Crippen molar-refractivity contribution >= 4 is 10.4 Å². The van der Waals surface area contributed by atoms with Crippen LogP contribution in [0.25, 0.3) is 0 Å². The van der Waals surface area contributed by atoms with Crippen LogP contribution in [-0.2, 0) is 14.7 Å². The molecule has 5 nitrogen and oxygen atoms in total. The van der Waals surface area contributed by atoms with Gasteiger partial charge in [-0.1, -0.05) is 6.92 Å². The highest BCUT2D eigenvalue weighted by molar-refractivity contribution is 7.80. The third kappa shape index (κ3) is 5.71. The highest BCUT2D eigenvalue weighted by Crippen LogP contribution is 1.89. The molecule has 0 aromatic heterocycles. The zero-order valence-corrected chi connectivity index (χ0v) is 6.05. The second-order valence-electron chi connectivity index (χ2n) is 1.45. The van der Waals surface area contributed by atoms with Crippen LogP contribution in [0.4, 0.5) is 0 Å². The van der Waals surface area contributed by atoms with E-state index in [1.807, 2.05) is 0 Å². The molecule has 0 heterocycles. The minimum atomic E-state index is -4.31. The lowest BCUT2D eigenvalue weighted by Crippen LogP contribution is -2.22. The largest absolute Gasteiger partial charge is 0.413 e. The molecule has 0 aliphatic rings. The Kier molecular flexibility index (Phi) is 3.06. The van der Waals surface area contributed by atoms with Gasteiger partial charge in [-0.25, -0.2) is 0 Å². The highest BCUT2D eigenvalue weighted by atomic mass is 32.3. The Morgan fingerprint density at radius 3 is 2.22 bits per heavy atom. The van der Waals surface area contributed by atoms with Crippen molar-refractivity contribution in [3.05, 3.63) is 0 Å². The van der Waals surface area contributed by atoms with E-state index in [2.05, 4.69) is 4.28 Å². The van der Waals surface area contributed by atoms with Gasteiger partial charge in [0, 0.05) is 13.6 Å². The molecule has 56 valence electrons. The van der Waals surface area contributed by atoms with E-state index in [1.165, 1.54) is 7.05 Å². The van der Waals surface area contributed by atoms with Gasteiger partial charge in [0.05, 0.1) is 0 Å². The number of rotatable bonds is 3. The predicted octanol–water partition coefficient (Wildman–Crippen LogP) is -0.327. The zero-order valence-electron chi connectivity index (χ0n) is 5.23. The van der Waals surface area contributed by atoms with Crippen molar-refractivity contribution in [1.29, 1.82) is 0 Å². The van der Waals surface area contributed by atoms with E-state index < -0.39 is 10.4 Å². The van der Waals surface area contributed by atoms with Crippen LogP contribution in [0, 0.1) is 0 Å². The van der Waals surface area contributed by atoms with E-state index in [0.717, 1.165) is 5.06 Å². The van der Waals surface area contributed by atoms with Gasteiger partial charge in [-0.2, -0.15) is 17.8 Å². The Balaban J connectivity index is 3.75. The summed E-state index contributed by atoms with van der Waals surface area (Å²) >= 11 is 0. The first-order chi connectivity index (χ1) is 3.95. The van der Waals surface area contributed by atoms with Crippen molar-refractivity contribution in [3.63, 3.8) is 0 Å². The lowest BCUT2D eigenvalue weighted by atomic mass is 10.8. The molecule has 0 amide bonds. The van der Waals surface area contributed by atoms with E-state index in [-0.39, 0.29) is 0 Å². The monoisotopic (exact) mass is 155 g/mol. The number of nitrogens with zero attached hydrogens (tertiary/aromatic N) is 1. The van der Waals surface area contributed by atoms with Gasteiger partial charge < -0.3 is 0 Å². The predicted molar refractivity (Wildman–Crippen MR) is 30.9 cm³/mol. The third-order valence-corrected chi connectivity index (χ3v) is 1.11. The van der Waals surface area contributed by atoms with Crippen molar-refractivity contribution in [2.75, 3.05) is 13.6 Å². The van der Waals surface area contributed by atoms with E-state index in [1.54, 1.807) is 6.92 Å². The molecule has 0 fully saturated rings. The van der Waals surface area contributed by atoms with E-state index >= 15 is 0 Å². The Hall–Kier alpha value is -0.170. The van der Waals surface area contributed by atoms with Crippen LogP contribution in [0.1, 0.15) is 6.92 Å². The number of hydrogen-bond acceptors (Lipinski definition) is 4. The molecule has 1 N–H and O–H groups in total. The Morgan fingerprint density at radius 1 is 1.67 bits per heavy atom. The fourth-order valence-electron chi connectivity index (χ4n) is 0.213. The lowest BCUT2D eigenvalue weighted by molar-refractivity contribution is -0.0298. The Bertz CT molecular complexity index is 163. The second-order valence-corrected chi connectivity index (χ2v) is 2.45. The topological polar surface area (TPSA) is 66.8 Å². The molecule has 0 saturated heterocycles. The van der Waals surface area contributed by atoms with Crippen molar-refractivity contribution in [1.82, 2.24) is 5.06 Å². The van der Waals surface area contributed by atoms with Crippen molar-refractivity contribution in [2.45, 2.75) is 6.92 Å². The SMILES string of the molecule is CCN(C)OS(=O)(=O)O. The van der Waals surface area contributed by atoms with Gasteiger partial charge in [-0.15, -0.1) is 0 Å². The molecule has 0 aromatic rings. The van der Waals surface area contributed by atoms with Crippen molar-refractivity contribution in [3.8, 4) is 0 Å². The van der Waals surface area contributed by atoms with Crippen LogP contribution in [-0.4, -0.2) is 31.6 Å². The molecule has 0 rings (SSSR count). The maximum atomic E-state index is 9.89. The molecule has 9 heavy (non-hydrogen) atoms. The fraction of sp³-hybridized carbons (Fsp3) is 1.00. The molecule has 0 atom stereocenters. The first-order valence-electron chi connectivity index (χ1n) is 2.34. The minimum Gasteiger partial charge on any atom is -0.262 e. The van der Waals surface area contributed by atoms with Crippen molar-refractivity contribution < 1.29 is 17.3 Å². The van der Waals surface area contributed by atoms with E-state index in [9.17, 15) is 8.42 Å². The first-order valence-corrected chi connectivity index (χ1v) is 3.70. The summed E-state index contributed by atoms with van der Waals surface area (Å²) in [5, 5.41) is 0.995. The molecule has 0 bridgehead atoms. The Morgan fingerprint density at radius 2 is 2.11 bits per heavy atom. The average Bonchev–Trinajstić information content (AvgIpc) is 1.62. The van der Waals surface area contributed by atoms with Gasteiger partial charge in [0.1, 0.15) is 0 Å². The summed E-state index contributed by atoms with van der Waals surface area (Å²) in [5.74, 6) is 0. The molecule has 6 heteroatoms. The third-order valence-electron chi connectivity index (χ3n) is 0.667. The number of hydrogen-bond donors (Lipinski definition) is 1. The molecular weight excluding hydrogens is 146 g/mol. The van der Waals surface area contributed by atoms with Crippen LogP contribution in [0.15, 0.2) is 0 Å². The van der Waals surface area contributed by atoms with Gasteiger partial charge >= 0.3 is 10.4 Å². The summed E-state index contributed by atoms with van der Waals surface area (Å²) in [7, 11) is -2.91. The smallest absolute Gasteiger partial charge is 0.262 e. The van der Waals surface area contributed by atoms with Gasteiger partial charge in [-0.05, 0) is 0 Å². The van der Waals surface area contributed by atoms with E-state index in [4.69, 9.17) is 4.55 Å². The maximum Gasteiger partial charge on any atom is 0.413 e. The van der Waals surface area contributed by atoms with Crippen LogP contribution in [0.3, 0.4) is 0 Å². The lowest BCUT2D eigenvalue weighted by Gasteiger charge is -2.08. The maximum absolute atomic E-state index is 9.89. The van der Waals surface area contributed by atoms with Crippen LogP contribution in [0.5, 0.6) is 0 Å². The van der Waals surface area contributed by atoms with Crippen molar-refractivity contribution in [2.24, 2.45) is 0 Å². The molecule has 0 radical (unpaired) electrons. The highest BCUT2D eigenvalue weighted by Gasteiger charge is 2.06. The summed E-state index contributed by atoms with van der Waals surface area (Å²) in [6.45, 7) is 2.07. The van der Waals surface area contributed by atoms with Crippen LogP contribution in [0.2, 0.25) is 0 Å². The molecule has 0 aliphatic carbocycles. The van der Waals surface area contributed by atoms with Gasteiger partial charge in [0.2, 0.25) is 0 Å². The summed E-state index contributed by atoms with van der Waals surface area (Å²) in [6.07, 6.45) is 0. The second kappa shape index (κ2) is 3.11. The molecular formula is C3H9NO4S. The Labute approximate surface area is 54.1 Å². The van der Waals surface area contributed by atoms with Gasteiger partial charge in [0.25, 0.3) is 0 Å². The summed E-state index contributed by atoms with van der Waals surface area (Å²) in [6, 6.07) is 0. The minimum absolute atomic E-state index is 0.389. The molecule has 0 unspecified atom stereocenters. The van der Waals surface area contributed by atoms with E-state index in [0.29, 0.717) is 6.54 Å². The normalized spacial score (nSPS) is 12.4. The fourth-order valence-corrected chi connectivity index (χ4v) is 0.640.